The highest BCUT2D eigenvalue weighted by molar-refractivity contribution is 5.43. The van der Waals surface area contributed by atoms with Gasteiger partial charge < -0.3 is 9.14 Å². The minimum Gasteiger partial charge on any atom is -0.495 e. The molecule has 2 aromatic heterocycles. The van der Waals surface area contributed by atoms with Crippen molar-refractivity contribution >= 4 is 5.65 Å². The van der Waals surface area contributed by atoms with Crippen LogP contribution in [0.5, 0.6) is 5.75 Å². The van der Waals surface area contributed by atoms with Crippen LogP contribution in [-0.4, -0.2) is 16.5 Å². The quantitative estimate of drug-likeness (QED) is 0.731. The SMILES string of the molecule is COc1ccc2nc(C(F)(F)F)cn2c1. The van der Waals surface area contributed by atoms with E-state index in [2.05, 4.69) is 4.98 Å². The van der Waals surface area contributed by atoms with Crippen LogP contribution in [0.4, 0.5) is 13.2 Å². The topological polar surface area (TPSA) is 26.5 Å². The van der Waals surface area contributed by atoms with Gasteiger partial charge in [-0.3, -0.25) is 0 Å². The number of alkyl halides is 3. The third-order valence-electron chi connectivity index (χ3n) is 1.95. The molecule has 80 valence electrons. The van der Waals surface area contributed by atoms with Gasteiger partial charge in [-0.15, -0.1) is 0 Å². The van der Waals surface area contributed by atoms with Gasteiger partial charge in [0.2, 0.25) is 0 Å². The molecule has 0 unspecified atom stereocenters. The molecular formula is C9H7F3N2O. The fourth-order valence-corrected chi connectivity index (χ4v) is 1.23. The number of halogens is 3. The van der Waals surface area contributed by atoms with Crippen LogP contribution in [0.3, 0.4) is 0 Å². The first kappa shape index (κ1) is 9.82. The zero-order valence-electron chi connectivity index (χ0n) is 7.75. The maximum Gasteiger partial charge on any atom is 0.434 e. The van der Waals surface area contributed by atoms with Gasteiger partial charge in [0.15, 0.2) is 5.69 Å². The van der Waals surface area contributed by atoms with Crippen molar-refractivity contribution in [1.29, 1.82) is 0 Å². The first-order valence-corrected chi connectivity index (χ1v) is 4.10. The summed E-state index contributed by atoms with van der Waals surface area (Å²) in [7, 11) is 1.45. The summed E-state index contributed by atoms with van der Waals surface area (Å²) < 4.78 is 43.1. The summed E-state index contributed by atoms with van der Waals surface area (Å²) in [4.78, 5) is 3.44. The third kappa shape index (κ3) is 1.74. The van der Waals surface area contributed by atoms with Crippen LogP contribution in [0.15, 0.2) is 24.5 Å². The summed E-state index contributed by atoms with van der Waals surface area (Å²) >= 11 is 0. The molecule has 0 aliphatic heterocycles. The number of pyridine rings is 1. The van der Waals surface area contributed by atoms with Gasteiger partial charge in [-0.25, -0.2) is 4.98 Å². The molecule has 0 N–H and O–H groups in total. The van der Waals surface area contributed by atoms with Gasteiger partial charge in [0.1, 0.15) is 11.4 Å². The van der Waals surface area contributed by atoms with Crippen molar-refractivity contribution in [3.8, 4) is 5.75 Å². The number of ether oxygens (including phenoxy) is 1. The summed E-state index contributed by atoms with van der Waals surface area (Å²) in [6.45, 7) is 0. The maximum atomic E-state index is 12.3. The number of hydrogen-bond acceptors (Lipinski definition) is 2. The van der Waals surface area contributed by atoms with Crippen LogP contribution >= 0.6 is 0 Å². The number of fused-ring (bicyclic) bond motifs is 1. The molecule has 3 nitrogen and oxygen atoms in total. The van der Waals surface area contributed by atoms with Gasteiger partial charge in [-0.1, -0.05) is 0 Å². The minimum atomic E-state index is -4.42. The summed E-state index contributed by atoms with van der Waals surface area (Å²) in [5, 5.41) is 0. The molecule has 0 bridgehead atoms. The van der Waals surface area contributed by atoms with Gasteiger partial charge in [-0.05, 0) is 12.1 Å². The highest BCUT2D eigenvalue weighted by Crippen LogP contribution is 2.28. The van der Waals surface area contributed by atoms with Crippen molar-refractivity contribution in [2.75, 3.05) is 7.11 Å². The Morgan fingerprint density at radius 1 is 1.27 bits per heavy atom. The van der Waals surface area contributed by atoms with Gasteiger partial charge in [0.05, 0.1) is 13.3 Å². The molecule has 2 aromatic rings. The molecule has 0 aromatic carbocycles. The van der Waals surface area contributed by atoms with E-state index in [0.717, 1.165) is 6.20 Å². The lowest BCUT2D eigenvalue weighted by molar-refractivity contribution is -0.140. The second kappa shape index (κ2) is 3.15. The largest absolute Gasteiger partial charge is 0.495 e. The van der Waals surface area contributed by atoms with Crippen molar-refractivity contribution in [3.63, 3.8) is 0 Å². The maximum absolute atomic E-state index is 12.3. The average Bonchev–Trinajstić information content (AvgIpc) is 2.59. The molecule has 0 radical (unpaired) electrons. The highest BCUT2D eigenvalue weighted by Gasteiger charge is 2.33. The molecule has 0 fully saturated rings. The van der Waals surface area contributed by atoms with Crippen LogP contribution in [0.2, 0.25) is 0 Å². The van der Waals surface area contributed by atoms with Gasteiger partial charge >= 0.3 is 6.18 Å². The smallest absolute Gasteiger partial charge is 0.434 e. The predicted octanol–water partition coefficient (Wildman–Crippen LogP) is 2.36. The van der Waals surface area contributed by atoms with Gasteiger partial charge in [0.25, 0.3) is 0 Å². The monoisotopic (exact) mass is 216 g/mol. The molecule has 0 aliphatic rings. The zero-order valence-corrected chi connectivity index (χ0v) is 7.75. The van der Waals surface area contributed by atoms with Crippen LogP contribution in [0, 0.1) is 0 Å². The van der Waals surface area contributed by atoms with Gasteiger partial charge in [0, 0.05) is 6.20 Å². The zero-order chi connectivity index (χ0) is 11.1. The first-order valence-electron chi connectivity index (χ1n) is 4.10. The number of nitrogens with zero attached hydrogens (tertiary/aromatic N) is 2. The van der Waals surface area contributed by atoms with Crippen molar-refractivity contribution in [3.05, 3.63) is 30.2 Å². The normalized spacial score (nSPS) is 12.0. The second-order valence-corrected chi connectivity index (χ2v) is 2.96. The van der Waals surface area contributed by atoms with E-state index in [0.29, 0.717) is 5.75 Å². The van der Waals surface area contributed by atoms with E-state index in [-0.39, 0.29) is 5.65 Å². The van der Waals surface area contributed by atoms with Crippen LogP contribution in [-0.2, 0) is 6.18 Å². The fraction of sp³-hybridized carbons (Fsp3) is 0.222. The molecule has 0 amide bonds. The average molecular weight is 216 g/mol. The van der Waals surface area contributed by atoms with Crippen LogP contribution < -0.4 is 4.74 Å². The van der Waals surface area contributed by atoms with Crippen molar-refractivity contribution in [2.45, 2.75) is 6.18 Å². The Balaban J connectivity index is 2.56. The summed E-state index contributed by atoms with van der Waals surface area (Å²) in [6, 6.07) is 3.02. The van der Waals surface area contributed by atoms with E-state index in [1.54, 1.807) is 6.07 Å². The number of aromatic nitrogens is 2. The first-order chi connectivity index (χ1) is 7.00. The van der Waals surface area contributed by atoms with E-state index in [9.17, 15) is 13.2 Å². The van der Waals surface area contributed by atoms with E-state index in [1.807, 2.05) is 0 Å². The number of methoxy groups -OCH3 is 1. The number of rotatable bonds is 1. The third-order valence-corrected chi connectivity index (χ3v) is 1.95. The lowest BCUT2D eigenvalue weighted by Crippen LogP contribution is -2.04. The van der Waals surface area contributed by atoms with E-state index >= 15 is 0 Å². The molecular weight excluding hydrogens is 209 g/mol. The van der Waals surface area contributed by atoms with Crippen LogP contribution in [0.25, 0.3) is 5.65 Å². The predicted molar refractivity (Wildman–Crippen MR) is 46.7 cm³/mol. The second-order valence-electron chi connectivity index (χ2n) is 2.96. The molecule has 0 saturated carbocycles. The summed E-state index contributed by atoms with van der Waals surface area (Å²) in [6.07, 6.45) is -2.05. The fourth-order valence-electron chi connectivity index (χ4n) is 1.23. The Labute approximate surface area is 83.1 Å². The molecule has 2 heterocycles. The van der Waals surface area contributed by atoms with Crippen molar-refractivity contribution in [1.82, 2.24) is 9.38 Å². The molecule has 2 rings (SSSR count). The molecule has 15 heavy (non-hydrogen) atoms. The van der Waals surface area contributed by atoms with Gasteiger partial charge in [-0.2, -0.15) is 13.2 Å². The minimum absolute atomic E-state index is 0.239. The Kier molecular flexibility index (Phi) is 2.06. The molecule has 0 saturated heterocycles. The molecule has 6 heteroatoms. The lowest BCUT2D eigenvalue weighted by Gasteiger charge is -1.99. The molecule has 0 aliphatic carbocycles. The lowest BCUT2D eigenvalue weighted by atomic mass is 10.4. The van der Waals surface area contributed by atoms with E-state index in [4.69, 9.17) is 4.74 Å². The standard InChI is InChI=1S/C9H7F3N2O/c1-15-6-2-3-8-13-7(9(10,11)12)5-14(8)4-6/h2-5H,1H3. The van der Waals surface area contributed by atoms with Crippen LogP contribution in [0.1, 0.15) is 5.69 Å². The van der Waals surface area contributed by atoms with E-state index < -0.39 is 11.9 Å². The Bertz CT molecular complexity index is 490. The van der Waals surface area contributed by atoms with E-state index in [1.165, 1.54) is 23.8 Å². The Hall–Kier alpha value is -1.72. The molecule has 0 atom stereocenters. The van der Waals surface area contributed by atoms with Crippen molar-refractivity contribution < 1.29 is 17.9 Å². The Morgan fingerprint density at radius 2 is 2.00 bits per heavy atom. The Morgan fingerprint density at radius 3 is 2.60 bits per heavy atom. The van der Waals surface area contributed by atoms with Crippen molar-refractivity contribution in [2.24, 2.45) is 0 Å². The summed E-state index contributed by atoms with van der Waals surface area (Å²) in [5.41, 5.74) is -0.668. The number of hydrogen-bond donors (Lipinski definition) is 0. The molecule has 0 spiro atoms. The summed E-state index contributed by atoms with van der Waals surface area (Å²) in [5.74, 6) is 0.480. The highest BCUT2D eigenvalue weighted by atomic mass is 19.4. The number of imidazole rings is 1.